The number of carbonyl (C=O) groups is 1. The van der Waals surface area contributed by atoms with Crippen LogP contribution in [0.5, 0.6) is 0 Å². The van der Waals surface area contributed by atoms with E-state index in [4.69, 9.17) is 5.73 Å². The van der Waals surface area contributed by atoms with Gasteiger partial charge in [-0.3, -0.25) is 9.69 Å². The van der Waals surface area contributed by atoms with Gasteiger partial charge in [-0.25, -0.2) is 0 Å². The van der Waals surface area contributed by atoms with Crippen LogP contribution >= 0.6 is 0 Å². The Morgan fingerprint density at radius 2 is 2.32 bits per heavy atom. The molecule has 1 aliphatic rings. The van der Waals surface area contributed by atoms with Crippen LogP contribution in [0.2, 0.25) is 0 Å². The van der Waals surface area contributed by atoms with Crippen LogP contribution in [0.1, 0.15) is 6.42 Å². The number of hydrogen-bond donors (Lipinski definition) is 2. The molecular formula is C12H17N5OS. The van der Waals surface area contributed by atoms with E-state index >= 15 is 0 Å². The highest BCUT2D eigenvalue weighted by molar-refractivity contribution is 7.58. The molecule has 0 atom stereocenters. The Morgan fingerprint density at radius 3 is 3.11 bits per heavy atom. The number of benzene rings is 1. The number of likely N-dealkylation sites (N-methyl/N-ethyl adjacent to an activating group) is 1. The third kappa shape index (κ3) is 3.69. The van der Waals surface area contributed by atoms with Crippen LogP contribution in [0, 0.1) is 0 Å². The van der Waals surface area contributed by atoms with Gasteiger partial charge in [-0.05, 0) is 38.7 Å². The van der Waals surface area contributed by atoms with Gasteiger partial charge in [0.2, 0.25) is 5.91 Å². The summed E-state index contributed by atoms with van der Waals surface area (Å²) in [5.41, 5.74) is 7.70. The number of fused-ring (bicyclic) bond motifs is 1. The highest BCUT2D eigenvalue weighted by atomic mass is 32.1. The molecule has 0 radical (unpaired) electrons. The molecule has 0 unspecified atom stereocenters. The molecule has 1 amide bonds. The first-order valence-electron chi connectivity index (χ1n) is 6.10. The molecule has 1 aliphatic heterocycles. The van der Waals surface area contributed by atoms with E-state index in [1.165, 1.54) is 0 Å². The third-order valence-electron chi connectivity index (χ3n) is 2.72. The Morgan fingerprint density at radius 1 is 1.47 bits per heavy atom. The largest absolute Gasteiger partial charge is 0.330 e. The molecule has 0 bridgehead atoms. The van der Waals surface area contributed by atoms with Crippen molar-refractivity contribution in [2.24, 2.45) is 14.5 Å². The predicted molar refractivity (Wildman–Crippen MR) is 77.8 cm³/mol. The summed E-state index contributed by atoms with van der Waals surface area (Å²) in [5, 5.41) is 2.87. The van der Waals surface area contributed by atoms with E-state index in [0.29, 0.717) is 18.8 Å². The number of carbonyl (C=O) groups excluding carboxylic acids is 1. The Balaban J connectivity index is 1.93. The summed E-state index contributed by atoms with van der Waals surface area (Å²) in [6.45, 7) is 1.79. The summed E-state index contributed by atoms with van der Waals surface area (Å²) >= 11 is 1.14. The van der Waals surface area contributed by atoms with Crippen molar-refractivity contribution in [2.45, 2.75) is 6.42 Å². The fraction of sp³-hybridized carbons (Fsp3) is 0.417. The normalized spacial score (nSPS) is 12.4. The van der Waals surface area contributed by atoms with E-state index in [2.05, 4.69) is 14.0 Å². The first-order chi connectivity index (χ1) is 9.20. The lowest BCUT2D eigenvalue weighted by molar-refractivity contribution is -0.117. The number of hydrogen-bond acceptors (Lipinski definition) is 5. The molecular weight excluding hydrogens is 262 g/mol. The smallest absolute Gasteiger partial charge is 0.238 e. The minimum Gasteiger partial charge on any atom is -0.330 e. The molecule has 102 valence electrons. The molecule has 1 aromatic rings. The summed E-state index contributed by atoms with van der Waals surface area (Å²) < 4.78 is 8.33. The van der Waals surface area contributed by atoms with Crippen LogP contribution in [0.15, 0.2) is 26.9 Å². The average molecular weight is 279 g/mol. The van der Waals surface area contributed by atoms with Crippen LogP contribution in [0.25, 0.3) is 0 Å². The molecule has 3 N–H and O–H groups in total. The van der Waals surface area contributed by atoms with E-state index in [1.54, 1.807) is 0 Å². The Kier molecular flexibility index (Phi) is 4.78. The van der Waals surface area contributed by atoms with Crippen molar-refractivity contribution < 1.29 is 4.79 Å². The fourth-order valence-corrected chi connectivity index (χ4v) is 2.33. The van der Waals surface area contributed by atoms with Crippen molar-refractivity contribution >= 4 is 34.3 Å². The zero-order valence-corrected chi connectivity index (χ0v) is 11.6. The van der Waals surface area contributed by atoms with Crippen molar-refractivity contribution in [3.05, 3.63) is 18.2 Å². The second-order valence-corrected chi connectivity index (χ2v) is 4.89. The van der Waals surface area contributed by atoms with Crippen molar-refractivity contribution in [1.29, 1.82) is 0 Å². The highest BCUT2D eigenvalue weighted by Gasteiger charge is 2.13. The summed E-state index contributed by atoms with van der Waals surface area (Å²) in [7, 11) is 1.90. The molecule has 0 saturated carbocycles. The molecule has 2 rings (SSSR count). The minimum atomic E-state index is -0.0555. The van der Waals surface area contributed by atoms with Gasteiger partial charge in [0, 0.05) is 0 Å². The number of anilines is 1. The van der Waals surface area contributed by atoms with Crippen molar-refractivity contribution in [2.75, 3.05) is 32.0 Å². The SMILES string of the molecule is CN(CCCN)CC(=O)Nc1cccc2c1N=S=N2. The highest BCUT2D eigenvalue weighted by Crippen LogP contribution is 2.38. The van der Waals surface area contributed by atoms with Gasteiger partial charge in [0.25, 0.3) is 0 Å². The maximum Gasteiger partial charge on any atom is 0.238 e. The zero-order chi connectivity index (χ0) is 13.7. The van der Waals surface area contributed by atoms with E-state index < -0.39 is 0 Å². The molecule has 0 fully saturated rings. The van der Waals surface area contributed by atoms with Gasteiger partial charge < -0.3 is 11.1 Å². The van der Waals surface area contributed by atoms with Crippen molar-refractivity contribution in [3.63, 3.8) is 0 Å². The monoisotopic (exact) mass is 279 g/mol. The maximum atomic E-state index is 11.9. The summed E-state index contributed by atoms with van der Waals surface area (Å²) in [6.07, 6.45) is 0.884. The number of rotatable bonds is 6. The van der Waals surface area contributed by atoms with Crippen molar-refractivity contribution in [1.82, 2.24) is 4.90 Å². The van der Waals surface area contributed by atoms with Gasteiger partial charge in [0.05, 0.1) is 23.6 Å². The summed E-state index contributed by atoms with van der Waals surface area (Å²) in [6, 6.07) is 5.57. The standard InChI is InChI=1S/C12H17N5OS/c1-17(7-3-6-13)8-11(18)14-9-4-2-5-10-12(9)16-19-15-10/h2,4-5H,3,6-8,13H2,1H3,(H,14,18). The van der Waals surface area contributed by atoms with Gasteiger partial charge in [0.15, 0.2) is 0 Å². The van der Waals surface area contributed by atoms with Gasteiger partial charge in [-0.2, -0.15) is 8.73 Å². The fourth-order valence-electron chi connectivity index (χ4n) is 1.78. The van der Waals surface area contributed by atoms with Gasteiger partial charge >= 0.3 is 0 Å². The molecule has 0 aliphatic carbocycles. The van der Waals surface area contributed by atoms with E-state index in [1.807, 2.05) is 30.1 Å². The molecule has 1 aromatic carbocycles. The average Bonchev–Trinajstić information content (AvgIpc) is 2.85. The minimum absolute atomic E-state index is 0.0555. The predicted octanol–water partition coefficient (Wildman–Crippen LogP) is 1.63. The van der Waals surface area contributed by atoms with Crippen molar-refractivity contribution in [3.8, 4) is 0 Å². The van der Waals surface area contributed by atoms with Crippen LogP contribution in [0.3, 0.4) is 0 Å². The lowest BCUT2D eigenvalue weighted by Crippen LogP contribution is -2.31. The Hall–Kier alpha value is -1.57. The lowest BCUT2D eigenvalue weighted by Gasteiger charge is -2.16. The number of nitrogens with two attached hydrogens (primary N) is 1. The molecule has 0 saturated heterocycles. The molecule has 0 spiro atoms. The second-order valence-electron chi connectivity index (χ2n) is 4.37. The van der Waals surface area contributed by atoms with Gasteiger partial charge in [0.1, 0.15) is 11.4 Å². The topological polar surface area (TPSA) is 83.1 Å². The third-order valence-corrected chi connectivity index (χ3v) is 3.26. The Labute approximate surface area is 115 Å². The number of amides is 1. The van der Waals surface area contributed by atoms with Crippen LogP contribution in [0.4, 0.5) is 17.1 Å². The van der Waals surface area contributed by atoms with E-state index in [-0.39, 0.29) is 5.91 Å². The molecule has 7 heteroatoms. The first-order valence-corrected chi connectivity index (χ1v) is 6.83. The van der Waals surface area contributed by atoms with Crippen LogP contribution < -0.4 is 11.1 Å². The van der Waals surface area contributed by atoms with Gasteiger partial charge in [-0.1, -0.05) is 6.07 Å². The van der Waals surface area contributed by atoms with Crippen LogP contribution in [-0.4, -0.2) is 37.5 Å². The molecule has 1 heterocycles. The Bertz CT molecular complexity index is 539. The molecule has 6 nitrogen and oxygen atoms in total. The van der Waals surface area contributed by atoms with Gasteiger partial charge in [-0.15, -0.1) is 0 Å². The summed E-state index contributed by atoms with van der Waals surface area (Å²) in [4.78, 5) is 13.9. The molecule has 19 heavy (non-hydrogen) atoms. The molecule has 0 aromatic heterocycles. The van der Waals surface area contributed by atoms with Crippen LogP contribution in [-0.2, 0) is 16.1 Å². The van der Waals surface area contributed by atoms with E-state index in [9.17, 15) is 4.79 Å². The maximum absolute atomic E-state index is 11.9. The lowest BCUT2D eigenvalue weighted by atomic mass is 10.2. The zero-order valence-electron chi connectivity index (χ0n) is 10.8. The second kappa shape index (κ2) is 6.55. The summed E-state index contributed by atoms with van der Waals surface area (Å²) in [5.74, 6) is -0.0555. The number of nitrogens with one attached hydrogen (secondary N) is 1. The first kappa shape index (κ1) is 13.9. The number of nitrogens with zero attached hydrogens (tertiary/aromatic N) is 3. The quantitative estimate of drug-likeness (QED) is 0.843. The van der Waals surface area contributed by atoms with E-state index in [0.717, 1.165) is 35.7 Å².